The van der Waals surface area contributed by atoms with Crippen molar-refractivity contribution in [3.63, 3.8) is 0 Å². The minimum atomic E-state index is -0.169. The maximum absolute atomic E-state index is 11.6. The van der Waals surface area contributed by atoms with Crippen LogP contribution in [-0.4, -0.2) is 43.8 Å². The average molecular weight is 339 g/mol. The maximum Gasteiger partial charge on any atom is 0.311 e. The lowest BCUT2D eigenvalue weighted by Crippen LogP contribution is -2.42. The molecule has 0 atom stereocenters. The molecule has 0 radical (unpaired) electrons. The molecule has 126 valence electrons. The second-order valence-electron chi connectivity index (χ2n) is 6.21. The van der Waals surface area contributed by atoms with E-state index in [9.17, 15) is 4.79 Å². The number of carbonyl (C=O) groups excluding carboxylic acids is 1. The molecule has 1 aliphatic heterocycles. The smallest absolute Gasteiger partial charge is 0.311 e. The zero-order valence-corrected chi connectivity index (χ0v) is 14.2. The highest BCUT2D eigenvalue weighted by molar-refractivity contribution is 6.32. The molecule has 1 N–H and O–H groups in total. The van der Waals surface area contributed by atoms with Gasteiger partial charge in [-0.25, -0.2) is 0 Å². The minimum absolute atomic E-state index is 0.0758. The number of benzene rings is 1. The van der Waals surface area contributed by atoms with Crippen molar-refractivity contribution in [2.75, 3.05) is 33.0 Å². The van der Waals surface area contributed by atoms with Crippen LogP contribution in [0.25, 0.3) is 0 Å². The van der Waals surface area contributed by atoms with Gasteiger partial charge in [0.25, 0.3) is 0 Å². The van der Waals surface area contributed by atoms with Gasteiger partial charge in [-0.1, -0.05) is 23.7 Å². The van der Waals surface area contributed by atoms with Crippen molar-refractivity contribution in [2.45, 2.75) is 26.3 Å². The lowest BCUT2D eigenvalue weighted by Gasteiger charge is -2.28. The van der Waals surface area contributed by atoms with Crippen LogP contribution < -0.4 is 10.1 Å². The topological polar surface area (TPSA) is 50.8 Å². The summed E-state index contributed by atoms with van der Waals surface area (Å²) in [7, 11) is 0. The Labute approximate surface area is 141 Å². The Balaban J connectivity index is 1.65. The molecule has 1 heterocycles. The Hall–Kier alpha value is -1.30. The molecule has 1 aromatic carbocycles. The van der Waals surface area contributed by atoms with E-state index in [1.807, 2.05) is 19.1 Å². The molecule has 0 aromatic heterocycles. The summed E-state index contributed by atoms with van der Waals surface area (Å²) in [5.41, 5.74) is 1.99. The standard InChI is InChI=1S/C17H23ClN2O3/c1-12-2-3-14(10-20-8-6-19-7-9-20)16(15(12)18)22-11-23-17(21)13-4-5-13/h2-3,13,19H,4-11H2,1H3. The molecule has 2 aliphatic rings. The van der Waals surface area contributed by atoms with E-state index in [4.69, 9.17) is 21.1 Å². The lowest BCUT2D eigenvalue weighted by atomic mass is 10.1. The van der Waals surface area contributed by atoms with Crippen LogP contribution in [0.2, 0.25) is 5.02 Å². The molecule has 6 heteroatoms. The van der Waals surface area contributed by atoms with Crippen molar-refractivity contribution >= 4 is 17.6 Å². The predicted molar refractivity (Wildman–Crippen MR) is 88.6 cm³/mol. The van der Waals surface area contributed by atoms with Gasteiger partial charge >= 0.3 is 5.97 Å². The van der Waals surface area contributed by atoms with Gasteiger partial charge in [0, 0.05) is 38.3 Å². The number of halogens is 1. The highest BCUT2D eigenvalue weighted by Crippen LogP contribution is 2.33. The summed E-state index contributed by atoms with van der Waals surface area (Å²) >= 11 is 6.41. The Kier molecular flexibility index (Phi) is 5.41. The van der Waals surface area contributed by atoms with Gasteiger partial charge in [-0.15, -0.1) is 0 Å². The number of nitrogens with zero attached hydrogens (tertiary/aromatic N) is 1. The monoisotopic (exact) mass is 338 g/mol. The van der Waals surface area contributed by atoms with Crippen molar-refractivity contribution in [3.05, 3.63) is 28.3 Å². The number of piperazine rings is 1. The largest absolute Gasteiger partial charge is 0.455 e. The van der Waals surface area contributed by atoms with Crippen molar-refractivity contribution < 1.29 is 14.3 Å². The lowest BCUT2D eigenvalue weighted by molar-refractivity contribution is -0.151. The van der Waals surface area contributed by atoms with Crippen LogP contribution in [0.4, 0.5) is 0 Å². The van der Waals surface area contributed by atoms with E-state index in [0.717, 1.165) is 56.7 Å². The predicted octanol–water partition coefficient (Wildman–Crippen LogP) is 2.34. The fourth-order valence-corrected chi connectivity index (χ4v) is 2.91. The fourth-order valence-electron chi connectivity index (χ4n) is 2.67. The van der Waals surface area contributed by atoms with Crippen LogP contribution in [0, 0.1) is 12.8 Å². The third kappa shape index (κ3) is 4.37. The quantitative estimate of drug-likeness (QED) is 0.637. The number of carbonyl (C=O) groups is 1. The van der Waals surface area contributed by atoms with Crippen LogP contribution >= 0.6 is 11.6 Å². The van der Waals surface area contributed by atoms with Crippen molar-refractivity contribution in [1.29, 1.82) is 0 Å². The normalized spacial score (nSPS) is 18.7. The van der Waals surface area contributed by atoms with E-state index in [1.165, 1.54) is 0 Å². The Morgan fingerprint density at radius 2 is 2.09 bits per heavy atom. The van der Waals surface area contributed by atoms with E-state index >= 15 is 0 Å². The summed E-state index contributed by atoms with van der Waals surface area (Å²) in [6.45, 7) is 6.65. The van der Waals surface area contributed by atoms with Gasteiger partial charge in [-0.05, 0) is 25.3 Å². The number of esters is 1. The molecule has 1 saturated carbocycles. The van der Waals surface area contributed by atoms with E-state index < -0.39 is 0 Å². The van der Waals surface area contributed by atoms with Crippen molar-refractivity contribution in [1.82, 2.24) is 10.2 Å². The van der Waals surface area contributed by atoms with Gasteiger partial charge in [-0.3, -0.25) is 9.69 Å². The van der Waals surface area contributed by atoms with E-state index in [2.05, 4.69) is 10.2 Å². The molecule has 23 heavy (non-hydrogen) atoms. The number of rotatable bonds is 6. The first-order valence-electron chi connectivity index (χ1n) is 8.15. The summed E-state index contributed by atoms with van der Waals surface area (Å²) in [4.78, 5) is 14.0. The molecule has 0 bridgehead atoms. The number of aryl methyl sites for hydroxylation is 1. The molecule has 2 fully saturated rings. The van der Waals surface area contributed by atoms with Crippen LogP contribution in [0.1, 0.15) is 24.0 Å². The van der Waals surface area contributed by atoms with Crippen LogP contribution in [0.5, 0.6) is 5.75 Å². The molecule has 3 rings (SSSR count). The summed E-state index contributed by atoms with van der Waals surface area (Å²) in [5.74, 6) is 0.540. The van der Waals surface area contributed by atoms with Gasteiger partial charge in [0.05, 0.1) is 10.9 Å². The third-order valence-corrected chi connectivity index (χ3v) is 4.76. The molecule has 1 saturated heterocycles. The first kappa shape index (κ1) is 16.6. The molecular weight excluding hydrogens is 316 g/mol. The second-order valence-corrected chi connectivity index (χ2v) is 6.59. The van der Waals surface area contributed by atoms with Gasteiger partial charge in [0.2, 0.25) is 6.79 Å². The van der Waals surface area contributed by atoms with Gasteiger partial charge in [-0.2, -0.15) is 0 Å². The first-order valence-corrected chi connectivity index (χ1v) is 8.53. The number of hydrogen-bond donors (Lipinski definition) is 1. The summed E-state index contributed by atoms with van der Waals surface area (Å²) in [5, 5.41) is 3.94. The molecule has 0 spiro atoms. The van der Waals surface area contributed by atoms with Crippen LogP contribution in [0.3, 0.4) is 0 Å². The molecule has 5 nitrogen and oxygen atoms in total. The molecule has 1 aromatic rings. The zero-order chi connectivity index (χ0) is 16.2. The zero-order valence-electron chi connectivity index (χ0n) is 13.4. The van der Waals surface area contributed by atoms with Crippen molar-refractivity contribution in [2.24, 2.45) is 5.92 Å². The van der Waals surface area contributed by atoms with Crippen LogP contribution in [0.15, 0.2) is 12.1 Å². The fraction of sp³-hybridized carbons (Fsp3) is 0.588. The van der Waals surface area contributed by atoms with Crippen molar-refractivity contribution in [3.8, 4) is 5.75 Å². The first-order chi connectivity index (χ1) is 11.1. The van der Waals surface area contributed by atoms with Crippen LogP contribution in [-0.2, 0) is 16.1 Å². The van der Waals surface area contributed by atoms with Gasteiger partial charge in [0.15, 0.2) is 0 Å². The highest BCUT2D eigenvalue weighted by Gasteiger charge is 2.31. The molecular formula is C17H23ClN2O3. The van der Waals surface area contributed by atoms with E-state index in [1.54, 1.807) is 0 Å². The molecule has 1 aliphatic carbocycles. The van der Waals surface area contributed by atoms with E-state index in [0.29, 0.717) is 10.8 Å². The average Bonchev–Trinajstić information content (AvgIpc) is 3.39. The van der Waals surface area contributed by atoms with Gasteiger partial charge < -0.3 is 14.8 Å². The number of hydrogen-bond acceptors (Lipinski definition) is 5. The summed E-state index contributed by atoms with van der Waals surface area (Å²) < 4.78 is 10.9. The Bertz CT molecular complexity index is 569. The maximum atomic E-state index is 11.6. The second kappa shape index (κ2) is 7.51. The highest BCUT2D eigenvalue weighted by atomic mass is 35.5. The SMILES string of the molecule is Cc1ccc(CN2CCNCC2)c(OCOC(=O)C2CC2)c1Cl. The molecule has 0 unspecified atom stereocenters. The number of ether oxygens (including phenoxy) is 2. The van der Waals surface area contributed by atoms with Gasteiger partial charge in [0.1, 0.15) is 5.75 Å². The number of nitrogens with one attached hydrogen (secondary N) is 1. The minimum Gasteiger partial charge on any atom is -0.455 e. The van der Waals surface area contributed by atoms with E-state index in [-0.39, 0.29) is 18.7 Å². The summed E-state index contributed by atoms with van der Waals surface area (Å²) in [6, 6.07) is 4.05. The third-order valence-electron chi connectivity index (χ3n) is 4.29. The molecule has 0 amide bonds. The summed E-state index contributed by atoms with van der Waals surface area (Å²) in [6.07, 6.45) is 1.86. The Morgan fingerprint density at radius 1 is 1.35 bits per heavy atom. The Morgan fingerprint density at radius 3 is 2.78 bits per heavy atom.